The third-order valence-corrected chi connectivity index (χ3v) is 4.73. The Morgan fingerprint density at radius 3 is 2.48 bits per heavy atom. The van der Waals surface area contributed by atoms with Gasteiger partial charge in [-0.25, -0.2) is 0 Å². The maximum absolute atomic E-state index is 13.1. The van der Waals surface area contributed by atoms with Gasteiger partial charge in [-0.15, -0.1) is 0 Å². The van der Waals surface area contributed by atoms with Crippen LogP contribution in [0.3, 0.4) is 0 Å². The van der Waals surface area contributed by atoms with Crippen LogP contribution >= 0.6 is 11.6 Å². The fourth-order valence-electron chi connectivity index (χ4n) is 3.04. The highest BCUT2D eigenvalue weighted by Crippen LogP contribution is 2.32. The molecule has 2 unspecified atom stereocenters. The monoisotopic (exact) mass is 339 g/mol. The average molecular weight is 340 g/mol. The first-order valence-electron chi connectivity index (χ1n) is 7.57. The fraction of sp³-hybridized carbons (Fsp3) is 0.529. The van der Waals surface area contributed by atoms with Gasteiger partial charge in [0.05, 0.1) is 17.9 Å². The minimum Gasteiger partial charge on any atom is -0.481 e. The average Bonchev–Trinajstić information content (AvgIpc) is 2.89. The van der Waals surface area contributed by atoms with Crippen molar-refractivity contribution >= 4 is 23.5 Å². The Morgan fingerprint density at radius 1 is 1.35 bits per heavy atom. The van der Waals surface area contributed by atoms with Gasteiger partial charge in [0.1, 0.15) is 0 Å². The van der Waals surface area contributed by atoms with Crippen LogP contribution in [0.5, 0.6) is 0 Å². The first-order valence-corrected chi connectivity index (χ1v) is 7.95. The van der Waals surface area contributed by atoms with Crippen LogP contribution in [0.1, 0.15) is 32.3 Å². The number of rotatable bonds is 5. The van der Waals surface area contributed by atoms with E-state index in [0.29, 0.717) is 18.0 Å². The molecule has 6 heteroatoms. The summed E-state index contributed by atoms with van der Waals surface area (Å²) in [6.45, 7) is 4.11. The molecule has 23 heavy (non-hydrogen) atoms. The lowest BCUT2D eigenvalue weighted by atomic mass is 9.83. The first kappa shape index (κ1) is 17.8. The van der Waals surface area contributed by atoms with E-state index in [1.807, 2.05) is 26.0 Å². The Hall–Kier alpha value is -1.59. The molecule has 0 saturated carbocycles. The van der Waals surface area contributed by atoms with E-state index in [4.69, 9.17) is 21.4 Å². The molecule has 1 aromatic carbocycles. The van der Waals surface area contributed by atoms with Crippen molar-refractivity contribution in [1.82, 2.24) is 4.90 Å². The zero-order chi connectivity index (χ0) is 17.2. The number of nitrogens with zero attached hydrogens (tertiary/aromatic N) is 1. The molecule has 0 bridgehead atoms. The van der Waals surface area contributed by atoms with Gasteiger partial charge in [0.25, 0.3) is 0 Å². The Bertz CT molecular complexity index is 585. The first-order chi connectivity index (χ1) is 10.8. The number of amides is 1. The lowest BCUT2D eigenvalue weighted by Crippen LogP contribution is -2.46. The molecule has 5 nitrogen and oxygen atoms in total. The van der Waals surface area contributed by atoms with Crippen molar-refractivity contribution < 1.29 is 19.4 Å². The minimum absolute atomic E-state index is 0.0672. The predicted octanol–water partition coefficient (Wildman–Crippen LogP) is 2.71. The summed E-state index contributed by atoms with van der Waals surface area (Å²) in [5.74, 6) is -1.00. The van der Waals surface area contributed by atoms with E-state index in [1.165, 1.54) is 0 Å². The van der Waals surface area contributed by atoms with Crippen LogP contribution in [-0.2, 0) is 19.7 Å². The number of likely N-dealkylation sites (tertiary alicyclic amines) is 1. The van der Waals surface area contributed by atoms with E-state index in [-0.39, 0.29) is 24.5 Å². The fourth-order valence-corrected chi connectivity index (χ4v) is 3.16. The summed E-state index contributed by atoms with van der Waals surface area (Å²) in [4.78, 5) is 25.8. The number of carbonyl (C=O) groups excluding carboxylic acids is 1. The molecular formula is C17H22ClNO4. The summed E-state index contributed by atoms with van der Waals surface area (Å²) < 4.78 is 5.33. The Morgan fingerprint density at radius 2 is 1.96 bits per heavy atom. The molecule has 0 aromatic heterocycles. The van der Waals surface area contributed by atoms with Gasteiger partial charge in [0, 0.05) is 24.7 Å². The summed E-state index contributed by atoms with van der Waals surface area (Å²) >= 11 is 5.91. The Balaban J connectivity index is 2.25. The topological polar surface area (TPSA) is 66.8 Å². The zero-order valence-electron chi connectivity index (χ0n) is 13.6. The normalized spacial score (nSPS) is 21.5. The highest BCUT2D eigenvalue weighted by atomic mass is 35.5. The largest absolute Gasteiger partial charge is 0.481 e. The maximum Gasteiger partial charge on any atom is 0.305 e. The zero-order valence-corrected chi connectivity index (χ0v) is 14.3. The third-order valence-electron chi connectivity index (χ3n) is 4.48. The Labute approximate surface area is 141 Å². The molecule has 2 atom stereocenters. The molecule has 1 N–H and O–H groups in total. The number of hydrogen-bond acceptors (Lipinski definition) is 3. The van der Waals surface area contributed by atoms with Crippen LogP contribution in [0.15, 0.2) is 24.3 Å². The Kier molecular flexibility index (Phi) is 5.32. The quantitative estimate of drug-likeness (QED) is 0.895. The van der Waals surface area contributed by atoms with E-state index in [0.717, 1.165) is 5.56 Å². The number of ether oxygens (including phenoxy) is 1. The standard InChI is InChI=1S/C17H22ClNO4/c1-17(2,11-4-6-12(18)7-5-11)16(22)19-10-14(23-3)8-13(19)9-15(20)21/h4-7,13-14H,8-10H2,1-3H3,(H,20,21). The molecule has 0 radical (unpaired) electrons. The predicted molar refractivity (Wildman–Crippen MR) is 87.6 cm³/mol. The van der Waals surface area contributed by atoms with E-state index < -0.39 is 11.4 Å². The number of carboxylic acid groups (broad SMARTS) is 1. The van der Waals surface area contributed by atoms with E-state index in [1.54, 1.807) is 24.1 Å². The highest BCUT2D eigenvalue weighted by Gasteiger charge is 2.42. The molecule has 0 aliphatic carbocycles. The second-order valence-electron chi connectivity index (χ2n) is 6.43. The number of benzene rings is 1. The van der Waals surface area contributed by atoms with Gasteiger partial charge >= 0.3 is 5.97 Å². The molecule has 1 heterocycles. The molecule has 1 amide bonds. The SMILES string of the molecule is COC1CC(CC(=O)O)N(C(=O)C(C)(C)c2ccc(Cl)cc2)C1. The highest BCUT2D eigenvalue weighted by molar-refractivity contribution is 6.30. The molecule has 1 saturated heterocycles. The van der Waals surface area contributed by atoms with Crippen molar-refractivity contribution in [1.29, 1.82) is 0 Å². The summed E-state index contributed by atoms with van der Waals surface area (Å²) in [5, 5.41) is 9.70. The summed E-state index contributed by atoms with van der Waals surface area (Å²) in [7, 11) is 1.58. The van der Waals surface area contributed by atoms with Crippen molar-refractivity contribution in [2.24, 2.45) is 0 Å². The van der Waals surface area contributed by atoms with E-state index in [2.05, 4.69) is 0 Å². The van der Waals surface area contributed by atoms with E-state index >= 15 is 0 Å². The number of carbonyl (C=O) groups is 2. The number of carboxylic acids is 1. The van der Waals surface area contributed by atoms with E-state index in [9.17, 15) is 9.59 Å². The number of methoxy groups -OCH3 is 1. The van der Waals surface area contributed by atoms with Crippen molar-refractivity contribution in [3.05, 3.63) is 34.9 Å². The van der Waals surface area contributed by atoms with Gasteiger partial charge in [-0.3, -0.25) is 9.59 Å². The van der Waals surface area contributed by atoms with Crippen LogP contribution in [-0.4, -0.2) is 47.7 Å². The third kappa shape index (κ3) is 3.85. The number of halogens is 1. The molecule has 1 aromatic rings. The van der Waals surface area contributed by atoms with Crippen molar-refractivity contribution in [2.45, 2.75) is 44.2 Å². The summed E-state index contributed by atoms with van der Waals surface area (Å²) in [5.41, 5.74) is 0.0890. The summed E-state index contributed by atoms with van der Waals surface area (Å²) in [6.07, 6.45) is 0.359. The molecule has 2 rings (SSSR count). The molecule has 1 fully saturated rings. The van der Waals surface area contributed by atoms with Crippen LogP contribution in [0.25, 0.3) is 0 Å². The van der Waals surface area contributed by atoms with Gasteiger partial charge in [0.15, 0.2) is 0 Å². The number of hydrogen-bond donors (Lipinski definition) is 1. The minimum atomic E-state index is -0.908. The van der Waals surface area contributed by atoms with Gasteiger partial charge in [0.2, 0.25) is 5.91 Å². The second kappa shape index (κ2) is 6.89. The number of aliphatic carboxylic acids is 1. The maximum atomic E-state index is 13.1. The molecular weight excluding hydrogens is 318 g/mol. The molecule has 1 aliphatic rings. The lowest BCUT2D eigenvalue weighted by Gasteiger charge is -2.33. The van der Waals surface area contributed by atoms with Crippen molar-refractivity contribution in [3.63, 3.8) is 0 Å². The van der Waals surface area contributed by atoms with Crippen LogP contribution in [0.4, 0.5) is 0 Å². The van der Waals surface area contributed by atoms with Gasteiger partial charge < -0.3 is 14.7 Å². The van der Waals surface area contributed by atoms with Gasteiger partial charge in [-0.05, 0) is 38.0 Å². The smallest absolute Gasteiger partial charge is 0.305 e. The second-order valence-corrected chi connectivity index (χ2v) is 6.87. The van der Waals surface area contributed by atoms with Gasteiger partial charge in [-0.1, -0.05) is 23.7 Å². The lowest BCUT2D eigenvalue weighted by molar-refractivity contribution is -0.141. The van der Waals surface area contributed by atoms with Crippen LogP contribution < -0.4 is 0 Å². The van der Waals surface area contributed by atoms with Crippen LogP contribution in [0.2, 0.25) is 5.02 Å². The van der Waals surface area contributed by atoms with Crippen molar-refractivity contribution in [2.75, 3.05) is 13.7 Å². The molecule has 0 spiro atoms. The van der Waals surface area contributed by atoms with Crippen molar-refractivity contribution in [3.8, 4) is 0 Å². The summed E-state index contributed by atoms with van der Waals surface area (Å²) in [6, 6.07) is 6.83. The molecule has 1 aliphatic heterocycles. The van der Waals surface area contributed by atoms with Gasteiger partial charge in [-0.2, -0.15) is 0 Å². The molecule has 126 valence electrons. The van der Waals surface area contributed by atoms with Crippen LogP contribution in [0, 0.1) is 0 Å².